The van der Waals surface area contributed by atoms with Crippen molar-refractivity contribution in [3.63, 3.8) is 0 Å². The van der Waals surface area contributed by atoms with Crippen LogP contribution in [0.1, 0.15) is 23.6 Å². The Morgan fingerprint density at radius 3 is 1.59 bits per heavy atom. The summed E-state index contributed by atoms with van der Waals surface area (Å²) in [6.07, 6.45) is 0. The van der Waals surface area contributed by atoms with Gasteiger partial charge in [-0.25, -0.2) is 0 Å². The van der Waals surface area contributed by atoms with Crippen molar-refractivity contribution in [3.05, 3.63) is 156 Å². The second kappa shape index (κ2) is 7.67. The van der Waals surface area contributed by atoms with E-state index >= 15 is 0 Å². The Labute approximate surface area is 254 Å². The molecule has 3 aliphatic rings. The molecule has 2 nitrogen and oxygen atoms in total. The van der Waals surface area contributed by atoms with Gasteiger partial charge in [-0.2, -0.15) is 0 Å². The molecule has 0 saturated carbocycles. The van der Waals surface area contributed by atoms with Crippen LogP contribution in [0.4, 0.5) is 0 Å². The summed E-state index contributed by atoms with van der Waals surface area (Å²) in [5, 5.41) is 7.79. The molecule has 2 heteroatoms. The Morgan fingerprint density at radius 2 is 0.932 bits per heavy atom. The molecule has 0 fully saturated rings. The van der Waals surface area contributed by atoms with Crippen LogP contribution in [0.2, 0.25) is 0 Å². The Hall–Kier alpha value is -5.60. The first-order valence-electron chi connectivity index (χ1n) is 15.5. The third kappa shape index (κ3) is 2.49. The number of para-hydroxylation sites is 2. The molecule has 9 aromatic rings. The van der Waals surface area contributed by atoms with E-state index in [0.717, 1.165) is 0 Å². The summed E-state index contributed by atoms with van der Waals surface area (Å²) in [5.74, 6) is 0. The maximum atomic E-state index is 2.55. The third-order valence-electron chi connectivity index (χ3n) is 10.7. The molecule has 4 heterocycles. The number of hydrogen-bond donors (Lipinski definition) is 0. The van der Waals surface area contributed by atoms with Crippen molar-refractivity contribution in [2.75, 3.05) is 0 Å². The van der Waals surface area contributed by atoms with Crippen LogP contribution in [-0.2, 0) is 5.41 Å². The minimum absolute atomic E-state index is 0.262. The molecule has 0 spiro atoms. The predicted octanol–water partition coefficient (Wildman–Crippen LogP) is 10.7. The first kappa shape index (κ1) is 22.9. The lowest BCUT2D eigenvalue weighted by Crippen LogP contribution is -2.22. The number of nitrogens with zero attached hydrogens (tertiary/aromatic N) is 2. The molecule has 0 radical (unpaired) electrons. The van der Waals surface area contributed by atoms with Gasteiger partial charge in [0.1, 0.15) is 0 Å². The molecule has 44 heavy (non-hydrogen) atoms. The van der Waals surface area contributed by atoms with Crippen molar-refractivity contribution >= 4 is 54.4 Å². The average molecular weight is 559 g/mol. The molecule has 204 valence electrons. The van der Waals surface area contributed by atoms with Crippen molar-refractivity contribution in [1.29, 1.82) is 0 Å². The highest BCUT2D eigenvalue weighted by molar-refractivity contribution is 6.36. The Kier molecular flexibility index (Phi) is 3.99. The Balaban J connectivity index is 1.48. The second-order valence-corrected chi connectivity index (χ2v) is 12.6. The molecule has 7 aromatic carbocycles. The molecule has 1 aliphatic carbocycles. The summed E-state index contributed by atoms with van der Waals surface area (Å²) in [5.41, 5.74) is 13.9. The fourth-order valence-electron chi connectivity index (χ4n) is 8.80. The summed E-state index contributed by atoms with van der Waals surface area (Å²) in [7, 11) is 0. The van der Waals surface area contributed by atoms with Gasteiger partial charge in [0.25, 0.3) is 0 Å². The van der Waals surface area contributed by atoms with Gasteiger partial charge in [-0.3, -0.25) is 0 Å². The highest BCUT2D eigenvalue weighted by atomic mass is 15.0. The fourth-order valence-corrected chi connectivity index (χ4v) is 8.80. The standard InChI is InChI=1S/C42H26N2/c1-42-25-18-20-26(21-19-25)43-36-16-8-5-13-32(36)38-30-11-2-3-12-31(30)39-33-14-6-9-17-37(33)44(41(39)40(38)43)27-22-23-29(35(42)24-27)28-10-4-7-15-34(28)42/h2-24H,1H3. The van der Waals surface area contributed by atoms with Gasteiger partial charge in [-0.05, 0) is 81.9 Å². The monoisotopic (exact) mass is 558 g/mol. The van der Waals surface area contributed by atoms with Crippen LogP contribution >= 0.6 is 0 Å². The lowest BCUT2D eigenvalue weighted by molar-refractivity contribution is 0.713. The molecule has 1 unspecified atom stereocenters. The Bertz CT molecular complexity index is 2720. The Morgan fingerprint density at radius 1 is 0.432 bits per heavy atom. The van der Waals surface area contributed by atoms with Gasteiger partial charge >= 0.3 is 0 Å². The molecule has 2 aliphatic heterocycles. The molecule has 0 saturated heterocycles. The predicted molar refractivity (Wildman–Crippen MR) is 184 cm³/mol. The quantitative estimate of drug-likeness (QED) is 0.175. The van der Waals surface area contributed by atoms with E-state index < -0.39 is 0 Å². The maximum absolute atomic E-state index is 2.55. The van der Waals surface area contributed by atoms with Crippen molar-refractivity contribution < 1.29 is 0 Å². The largest absolute Gasteiger partial charge is 0.307 e. The van der Waals surface area contributed by atoms with Gasteiger partial charge in [-0.15, -0.1) is 0 Å². The molecule has 2 aromatic heterocycles. The van der Waals surface area contributed by atoms with Crippen LogP contribution in [0.3, 0.4) is 0 Å². The van der Waals surface area contributed by atoms with Crippen molar-refractivity contribution in [3.8, 4) is 22.5 Å². The zero-order chi connectivity index (χ0) is 28.7. The van der Waals surface area contributed by atoms with E-state index in [1.807, 2.05) is 0 Å². The summed E-state index contributed by atoms with van der Waals surface area (Å²) in [4.78, 5) is 0. The van der Waals surface area contributed by atoms with E-state index in [4.69, 9.17) is 0 Å². The van der Waals surface area contributed by atoms with Gasteiger partial charge < -0.3 is 9.13 Å². The number of fused-ring (bicyclic) bond motifs is 11. The maximum Gasteiger partial charge on any atom is 0.0795 e. The zero-order valence-corrected chi connectivity index (χ0v) is 24.2. The third-order valence-corrected chi connectivity index (χ3v) is 10.7. The minimum atomic E-state index is -0.262. The van der Waals surface area contributed by atoms with Crippen LogP contribution < -0.4 is 0 Å². The summed E-state index contributed by atoms with van der Waals surface area (Å²) < 4.78 is 5.06. The minimum Gasteiger partial charge on any atom is -0.307 e. The van der Waals surface area contributed by atoms with E-state index in [0.29, 0.717) is 0 Å². The van der Waals surface area contributed by atoms with Gasteiger partial charge in [0.05, 0.1) is 22.1 Å². The van der Waals surface area contributed by atoms with E-state index in [1.54, 1.807) is 0 Å². The number of aromatic nitrogens is 2. The van der Waals surface area contributed by atoms with Crippen molar-refractivity contribution in [2.24, 2.45) is 0 Å². The normalized spacial score (nSPS) is 16.4. The van der Waals surface area contributed by atoms with E-state index in [2.05, 4.69) is 156 Å². The van der Waals surface area contributed by atoms with Crippen molar-refractivity contribution in [2.45, 2.75) is 12.3 Å². The highest BCUT2D eigenvalue weighted by Crippen LogP contribution is 2.54. The van der Waals surface area contributed by atoms with Gasteiger partial charge in [0, 0.05) is 38.3 Å². The molecule has 1 atom stereocenters. The van der Waals surface area contributed by atoms with Crippen LogP contribution in [0, 0.1) is 0 Å². The first-order valence-corrected chi connectivity index (χ1v) is 15.5. The van der Waals surface area contributed by atoms with Gasteiger partial charge in [0.15, 0.2) is 0 Å². The zero-order valence-electron chi connectivity index (χ0n) is 24.2. The van der Waals surface area contributed by atoms with E-state index in [9.17, 15) is 0 Å². The molecule has 0 amide bonds. The lowest BCUT2D eigenvalue weighted by atomic mass is 9.74. The topological polar surface area (TPSA) is 9.86 Å². The lowest BCUT2D eigenvalue weighted by Gasteiger charge is -2.29. The smallest absolute Gasteiger partial charge is 0.0795 e. The summed E-state index contributed by atoms with van der Waals surface area (Å²) in [6, 6.07) is 52.5. The SMILES string of the molecule is CC12c3ccc(cc3)-n3c4ccccc4c4c5ccccc5c5c6ccccc6n(c5c43)-c3ccc(c1c3)-c1ccccc12. The van der Waals surface area contributed by atoms with Crippen LogP contribution in [0.25, 0.3) is 76.9 Å². The fraction of sp³-hybridized carbons (Fsp3) is 0.0476. The van der Waals surface area contributed by atoms with Crippen LogP contribution in [-0.4, -0.2) is 9.13 Å². The van der Waals surface area contributed by atoms with Gasteiger partial charge in [-0.1, -0.05) is 103 Å². The summed E-state index contributed by atoms with van der Waals surface area (Å²) in [6.45, 7) is 2.41. The van der Waals surface area contributed by atoms with E-state index in [-0.39, 0.29) is 5.41 Å². The molecular weight excluding hydrogens is 532 g/mol. The van der Waals surface area contributed by atoms with Crippen molar-refractivity contribution in [1.82, 2.24) is 9.13 Å². The van der Waals surface area contributed by atoms with Gasteiger partial charge in [0.2, 0.25) is 0 Å². The average Bonchev–Trinajstić information content (AvgIpc) is 3.70. The summed E-state index contributed by atoms with van der Waals surface area (Å²) >= 11 is 0. The van der Waals surface area contributed by atoms with Crippen LogP contribution in [0.5, 0.6) is 0 Å². The number of rotatable bonds is 0. The van der Waals surface area contributed by atoms with E-state index in [1.165, 1.54) is 93.6 Å². The van der Waals surface area contributed by atoms with Crippen LogP contribution in [0.15, 0.2) is 140 Å². The highest BCUT2D eigenvalue weighted by Gasteiger charge is 2.41. The number of benzene rings is 7. The molecule has 0 N–H and O–H groups in total. The molecule has 4 bridgehead atoms. The second-order valence-electron chi connectivity index (χ2n) is 12.6. The molecule has 12 rings (SSSR count). The first-order chi connectivity index (χ1) is 21.7. The number of hydrogen-bond acceptors (Lipinski definition) is 0. The molecular formula is C42H26N2.